The summed E-state index contributed by atoms with van der Waals surface area (Å²) in [6.07, 6.45) is 0.111. The van der Waals surface area contributed by atoms with Gasteiger partial charge in [0.15, 0.2) is 0 Å². The van der Waals surface area contributed by atoms with Gasteiger partial charge in [0.25, 0.3) is 0 Å². The Hall–Kier alpha value is -1.67. The van der Waals surface area contributed by atoms with Gasteiger partial charge in [0, 0.05) is 24.7 Å². The van der Waals surface area contributed by atoms with E-state index < -0.39 is 24.4 Å². The molecule has 2 heterocycles. The number of phenolic OH excluding ortho intramolecular Hbond substituents is 1. The molecular weight excluding hydrogens is 408 g/mol. The van der Waals surface area contributed by atoms with Crippen molar-refractivity contribution < 1.29 is 29.9 Å². The van der Waals surface area contributed by atoms with Crippen LogP contribution in [0.2, 0.25) is 5.02 Å². The van der Waals surface area contributed by atoms with E-state index in [4.69, 9.17) is 21.1 Å². The van der Waals surface area contributed by atoms with E-state index in [1.165, 1.54) is 12.8 Å². The third-order valence-electron chi connectivity index (χ3n) is 5.35. The van der Waals surface area contributed by atoms with E-state index in [1.54, 1.807) is 18.2 Å². The van der Waals surface area contributed by atoms with Crippen LogP contribution in [0, 0.1) is 0 Å². The molecule has 0 saturated carbocycles. The molecule has 2 aliphatic rings. The molecule has 2 aromatic carbocycles. The topological polar surface area (TPSA) is 99.4 Å². The van der Waals surface area contributed by atoms with Crippen LogP contribution < -0.4 is 0 Å². The number of hydrogen-bond donors (Lipinski definition) is 4. The molecule has 2 saturated heterocycles. The van der Waals surface area contributed by atoms with Gasteiger partial charge in [-0.3, -0.25) is 0 Å². The second kappa shape index (κ2) is 11.1. The first-order chi connectivity index (χ1) is 14.5. The zero-order valence-electron chi connectivity index (χ0n) is 16.8. The van der Waals surface area contributed by atoms with Crippen molar-refractivity contribution in [1.29, 1.82) is 0 Å². The highest BCUT2D eigenvalue weighted by atomic mass is 35.5. The van der Waals surface area contributed by atoms with Crippen LogP contribution in [-0.4, -0.2) is 58.6 Å². The lowest BCUT2D eigenvalue weighted by atomic mass is 9.92. The molecule has 0 aromatic heterocycles. The van der Waals surface area contributed by atoms with E-state index in [2.05, 4.69) is 0 Å². The average Bonchev–Trinajstić information content (AvgIpc) is 3.33. The first-order valence-corrected chi connectivity index (χ1v) is 10.6. The van der Waals surface area contributed by atoms with Crippen LogP contribution in [0.25, 0.3) is 0 Å². The minimum Gasteiger partial charge on any atom is -0.508 e. The predicted octanol–water partition coefficient (Wildman–Crippen LogP) is 2.98. The minimum atomic E-state index is -1.09. The Morgan fingerprint density at radius 1 is 1.00 bits per heavy atom. The van der Waals surface area contributed by atoms with E-state index in [1.807, 2.05) is 24.3 Å². The minimum absolute atomic E-state index is 0.210. The lowest BCUT2D eigenvalue weighted by Gasteiger charge is -2.36. The van der Waals surface area contributed by atoms with Gasteiger partial charge in [0.2, 0.25) is 0 Å². The maximum atomic E-state index is 10.0. The lowest BCUT2D eigenvalue weighted by Crippen LogP contribution is -2.47. The van der Waals surface area contributed by atoms with Crippen molar-refractivity contribution in [3.8, 4) is 5.75 Å². The summed E-state index contributed by atoms with van der Waals surface area (Å²) in [5.74, 6) is 0.210. The number of hydrogen-bond acceptors (Lipinski definition) is 6. The summed E-state index contributed by atoms with van der Waals surface area (Å²) in [6, 6.07) is 12.4. The molecule has 0 bridgehead atoms. The molecule has 30 heavy (non-hydrogen) atoms. The molecule has 2 aliphatic heterocycles. The number of aliphatic hydroxyl groups excluding tert-OH is 3. The third kappa shape index (κ3) is 6.17. The molecule has 164 valence electrons. The van der Waals surface area contributed by atoms with Gasteiger partial charge in [-0.25, -0.2) is 0 Å². The largest absolute Gasteiger partial charge is 0.508 e. The monoisotopic (exact) mass is 436 g/mol. The molecule has 7 heteroatoms. The highest BCUT2D eigenvalue weighted by molar-refractivity contribution is 6.31. The molecule has 4 rings (SSSR count). The number of aromatic hydroxyl groups is 1. The van der Waals surface area contributed by atoms with Gasteiger partial charge < -0.3 is 29.9 Å². The summed E-state index contributed by atoms with van der Waals surface area (Å²) in [5.41, 5.74) is 2.74. The average molecular weight is 437 g/mol. The maximum Gasteiger partial charge on any atom is 0.115 e. The Morgan fingerprint density at radius 3 is 2.30 bits per heavy atom. The summed E-state index contributed by atoms with van der Waals surface area (Å²) < 4.78 is 10.7. The molecule has 2 fully saturated rings. The number of ether oxygens (including phenoxy) is 2. The smallest absolute Gasteiger partial charge is 0.115 e. The van der Waals surface area contributed by atoms with Gasteiger partial charge in [-0.15, -0.1) is 0 Å². The summed E-state index contributed by atoms with van der Waals surface area (Å²) in [4.78, 5) is 0. The Morgan fingerprint density at radius 2 is 1.70 bits per heavy atom. The van der Waals surface area contributed by atoms with Crippen molar-refractivity contribution in [3.63, 3.8) is 0 Å². The van der Waals surface area contributed by atoms with Crippen LogP contribution in [0.5, 0.6) is 5.75 Å². The van der Waals surface area contributed by atoms with Crippen LogP contribution in [0.4, 0.5) is 0 Å². The first kappa shape index (κ1) is 23.0. The molecule has 6 nitrogen and oxygen atoms in total. The highest BCUT2D eigenvalue weighted by Gasteiger charge is 2.37. The van der Waals surface area contributed by atoms with Crippen molar-refractivity contribution in [1.82, 2.24) is 0 Å². The van der Waals surface area contributed by atoms with Crippen LogP contribution in [0.1, 0.15) is 42.1 Å². The number of benzene rings is 2. The standard InChI is InChI=1S/C19H21ClO5.C4H8O/c20-15-6-3-12(17-9-16(23)19(24)18(10-21)25-17)8-13(15)7-11-1-4-14(22)5-2-11;1-2-4-5-3-1/h1-6,8,16-19,21-24H,7,9-10H2;1-4H2. The van der Waals surface area contributed by atoms with Crippen LogP contribution in [-0.2, 0) is 15.9 Å². The van der Waals surface area contributed by atoms with Crippen molar-refractivity contribution in [2.45, 2.75) is 50.1 Å². The Bertz CT molecular complexity index is 785. The van der Waals surface area contributed by atoms with E-state index >= 15 is 0 Å². The van der Waals surface area contributed by atoms with E-state index in [0.29, 0.717) is 11.4 Å². The Labute approximate surface area is 181 Å². The molecule has 2 aromatic rings. The fourth-order valence-corrected chi connectivity index (χ4v) is 3.78. The first-order valence-electron chi connectivity index (χ1n) is 10.2. The number of phenols is 1. The lowest BCUT2D eigenvalue weighted by molar-refractivity contribution is -0.181. The van der Waals surface area contributed by atoms with Crippen molar-refractivity contribution >= 4 is 11.6 Å². The normalized spacial score (nSPS) is 26.1. The van der Waals surface area contributed by atoms with Gasteiger partial charge in [0.1, 0.15) is 18.0 Å². The molecule has 4 atom stereocenters. The SMILES string of the molecule is C1CCOC1.OCC1OC(c2ccc(Cl)c(Cc3ccc(O)cc3)c2)CC(O)C1O. The van der Waals surface area contributed by atoms with E-state index in [0.717, 1.165) is 29.9 Å². The maximum absolute atomic E-state index is 10.0. The third-order valence-corrected chi connectivity index (χ3v) is 5.72. The highest BCUT2D eigenvalue weighted by Crippen LogP contribution is 2.34. The second-order valence-corrected chi connectivity index (χ2v) is 8.06. The van der Waals surface area contributed by atoms with Gasteiger partial charge in [-0.2, -0.15) is 0 Å². The Balaban J connectivity index is 0.000000448. The quantitative estimate of drug-likeness (QED) is 0.588. The van der Waals surface area contributed by atoms with Gasteiger partial charge in [-0.1, -0.05) is 35.9 Å². The van der Waals surface area contributed by atoms with Crippen LogP contribution in [0.3, 0.4) is 0 Å². The number of halogens is 1. The molecule has 0 spiro atoms. The Kier molecular flexibility index (Phi) is 8.50. The van der Waals surface area contributed by atoms with Gasteiger partial charge in [-0.05, 0) is 54.2 Å². The summed E-state index contributed by atoms with van der Waals surface area (Å²) in [5, 5.41) is 39.2. The molecule has 0 aliphatic carbocycles. The summed E-state index contributed by atoms with van der Waals surface area (Å²) in [6.45, 7) is 1.64. The predicted molar refractivity (Wildman–Crippen MR) is 114 cm³/mol. The number of aliphatic hydroxyl groups is 3. The zero-order chi connectivity index (χ0) is 21.5. The summed E-state index contributed by atoms with van der Waals surface area (Å²) >= 11 is 6.30. The van der Waals surface area contributed by atoms with Crippen molar-refractivity contribution in [2.75, 3.05) is 19.8 Å². The van der Waals surface area contributed by atoms with Gasteiger partial charge >= 0.3 is 0 Å². The van der Waals surface area contributed by atoms with Crippen molar-refractivity contribution in [3.05, 3.63) is 64.2 Å². The van der Waals surface area contributed by atoms with Crippen LogP contribution in [0.15, 0.2) is 42.5 Å². The zero-order valence-corrected chi connectivity index (χ0v) is 17.5. The van der Waals surface area contributed by atoms with Gasteiger partial charge in [0.05, 0.1) is 18.8 Å². The molecule has 0 amide bonds. The second-order valence-electron chi connectivity index (χ2n) is 7.65. The number of rotatable bonds is 4. The fraction of sp³-hybridized carbons (Fsp3) is 0.478. The summed E-state index contributed by atoms with van der Waals surface area (Å²) in [7, 11) is 0. The van der Waals surface area contributed by atoms with E-state index in [-0.39, 0.29) is 18.8 Å². The molecular formula is C23H29ClO6. The molecule has 0 radical (unpaired) electrons. The van der Waals surface area contributed by atoms with Crippen molar-refractivity contribution in [2.24, 2.45) is 0 Å². The fourth-order valence-electron chi connectivity index (χ4n) is 3.59. The molecule has 4 N–H and O–H groups in total. The molecule has 4 unspecified atom stereocenters. The van der Waals surface area contributed by atoms with E-state index in [9.17, 15) is 20.4 Å². The van der Waals surface area contributed by atoms with Crippen LogP contribution >= 0.6 is 11.6 Å².